The fourth-order valence-corrected chi connectivity index (χ4v) is 5.50. The molecule has 1 aliphatic rings. The molecule has 0 bridgehead atoms. The summed E-state index contributed by atoms with van der Waals surface area (Å²) < 4.78 is 11.0. The van der Waals surface area contributed by atoms with Gasteiger partial charge in [0.15, 0.2) is 5.13 Å². The van der Waals surface area contributed by atoms with E-state index in [1.165, 1.54) is 21.8 Å². The number of ether oxygens (including phenoxy) is 2. The second-order valence-corrected chi connectivity index (χ2v) is 13.9. The van der Waals surface area contributed by atoms with Gasteiger partial charge in [0, 0.05) is 23.9 Å². The average Bonchev–Trinajstić information content (AvgIpc) is 3.39. The van der Waals surface area contributed by atoms with Gasteiger partial charge in [-0.05, 0) is 97.4 Å². The second kappa shape index (κ2) is 14.2. The van der Waals surface area contributed by atoms with E-state index in [0.29, 0.717) is 28.8 Å². The third-order valence-electron chi connectivity index (χ3n) is 6.79. The number of carbonyl (C=O) groups is 3. The van der Waals surface area contributed by atoms with Crippen LogP contribution in [0.25, 0.3) is 5.57 Å². The summed E-state index contributed by atoms with van der Waals surface area (Å²) in [5, 5.41) is 7.86. The van der Waals surface area contributed by atoms with Gasteiger partial charge in [-0.2, -0.15) is 0 Å². The molecule has 45 heavy (non-hydrogen) atoms. The number of rotatable bonds is 8. The maximum Gasteiger partial charge on any atom is 0.416 e. The third-order valence-corrected chi connectivity index (χ3v) is 7.60. The smallest absolute Gasteiger partial charge is 0.416 e. The summed E-state index contributed by atoms with van der Waals surface area (Å²) in [6.45, 7) is 13.0. The van der Waals surface area contributed by atoms with E-state index in [-0.39, 0.29) is 12.5 Å². The Morgan fingerprint density at radius 1 is 0.911 bits per heavy atom. The molecule has 0 spiro atoms. The summed E-state index contributed by atoms with van der Waals surface area (Å²) >= 11 is 1.27. The lowest BCUT2D eigenvalue weighted by Crippen LogP contribution is -2.38. The molecule has 0 saturated heterocycles. The number of allylic oxidation sites excluding steroid dienone is 1. The molecule has 2 aromatic heterocycles. The van der Waals surface area contributed by atoms with Gasteiger partial charge in [-0.3, -0.25) is 15.0 Å². The van der Waals surface area contributed by atoms with Crippen LogP contribution in [0.5, 0.6) is 0 Å². The molecular weight excluding hydrogens is 590 g/mol. The fourth-order valence-electron chi connectivity index (χ4n) is 4.77. The topological polar surface area (TPSA) is 123 Å². The Hall–Kier alpha value is -4.25. The van der Waals surface area contributed by atoms with Gasteiger partial charge < -0.3 is 14.8 Å². The zero-order valence-corrected chi connectivity index (χ0v) is 28.0. The molecule has 0 atom stereocenters. The van der Waals surface area contributed by atoms with Crippen LogP contribution in [-0.4, -0.2) is 45.8 Å². The van der Waals surface area contributed by atoms with E-state index in [1.807, 2.05) is 5.38 Å². The molecule has 2 heterocycles. The number of aryl methyl sites for hydroxylation is 1. The van der Waals surface area contributed by atoms with Crippen molar-refractivity contribution in [1.82, 2.24) is 9.97 Å². The van der Waals surface area contributed by atoms with E-state index in [2.05, 4.69) is 51.8 Å². The molecule has 0 fully saturated rings. The predicted molar refractivity (Wildman–Crippen MR) is 179 cm³/mol. The summed E-state index contributed by atoms with van der Waals surface area (Å²) in [5.74, 6) is 0.241. The minimum Gasteiger partial charge on any atom is -0.444 e. The highest BCUT2D eigenvalue weighted by Gasteiger charge is 2.26. The lowest BCUT2D eigenvalue weighted by molar-refractivity contribution is -0.113. The van der Waals surface area contributed by atoms with Gasteiger partial charge in [0.2, 0.25) is 0 Å². The average molecular weight is 634 g/mol. The first-order valence-electron chi connectivity index (χ1n) is 15.2. The van der Waals surface area contributed by atoms with Crippen molar-refractivity contribution in [1.29, 1.82) is 0 Å². The van der Waals surface area contributed by atoms with Gasteiger partial charge in [0.05, 0.1) is 17.6 Å². The Kier molecular flexibility index (Phi) is 10.6. The first-order chi connectivity index (χ1) is 21.2. The standard InChI is InChI=1S/C34H43N5O5S/c1-22-12-14-23(15-13-22)26-10-8-9-11-27(26)29(40)36-24-16-17-28(35-20-24)39(32(42)44-34(5,6)7)19-18-25-21-45-30(37-25)38-31(41)43-33(2,3)4/h12-17,20-21H,8-11,18-19H2,1-7H3,(H,36,40)(H,37,38,41). The summed E-state index contributed by atoms with van der Waals surface area (Å²) in [5.41, 5.74) is 4.04. The van der Waals surface area contributed by atoms with Gasteiger partial charge in [-0.25, -0.2) is 19.6 Å². The number of hydrogen-bond donors (Lipinski definition) is 2. The molecule has 0 saturated carbocycles. The minimum atomic E-state index is -0.711. The number of amides is 3. The molecule has 3 amide bonds. The Labute approximate surface area is 269 Å². The summed E-state index contributed by atoms with van der Waals surface area (Å²) in [6, 6.07) is 11.7. The molecule has 240 valence electrons. The molecule has 0 radical (unpaired) electrons. The van der Waals surface area contributed by atoms with Crippen LogP contribution < -0.4 is 15.5 Å². The van der Waals surface area contributed by atoms with Gasteiger partial charge in [0.25, 0.3) is 5.91 Å². The highest BCUT2D eigenvalue weighted by atomic mass is 32.1. The van der Waals surface area contributed by atoms with Crippen LogP contribution in [0.1, 0.15) is 84.0 Å². The number of nitrogens with zero attached hydrogens (tertiary/aromatic N) is 3. The van der Waals surface area contributed by atoms with Crippen molar-refractivity contribution >= 4 is 51.6 Å². The molecule has 4 rings (SSSR count). The molecule has 1 aliphatic carbocycles. The number of pyridine rings is 1. The number of hydrogen-bond acceptors (Lipinski definition) is 8. The van der Waals surface area contributed by atoms with E-state index in [4.69, 9.17) is 9.47 Å². The number of anilines is 3. The van der Waals surface area contributed by atoms with Gasteiger partial charge in [-0.15, -0.1) is 11.3 Å². The fraction of sp³-hybridized carbons (Fsp3) is 0.441. The van der Waals surface area contributed by atoms with E-state index in [0.717, 1.165) is 42.4 Å². The van der Waals surface area contributed by atoms with E-state index in [9.17, 15) is 14.4 Å². The Balaban J connectivity index is 1.46. The Bertz CT molecular complexity index is 1530. The van der Waals surface area contributed by atoms with Crippen LogP contribution >= 0.6 is 11.3 Å². The second-order valence-electron chi connectivity index (χ2n) is 13.0. The molecule has 3 aromatic rings. The SMILES string of the molecule is Cc1ccc(C2=C(C(=O)Nc3ccc(N(CCc4csc(NC(=O)OC(C)(C)C)n4)C(=O)OC(C)(C)C)nc3)CCCC2)cc1. The Morgan fingerprint density at radius 2 is 1.60 bits per heavy atom. The maximum absolute atomic E-state index is 13.4. The normalized spacial score (nSPS) is 13.7. The molecule has 1 aromatic carbocycles. The zero-order chi connectivity index (χ0) is 32.8. The first-order valence-corrected chi connectivity index (χ1v) is 16.1. The van der Waals surface area contributed by atoms with Crippen LogP contribution in [0.4, 0.5) is 26.2 Å². The number of thiazole rings is 1. The van der Waals surface area contributed by atoms with Crippen LogP contribution in [0.3, 0.4) is 0 Å². The molecule has 11 heteroatoms. The first kappa shape index (κ1) is 33.6. The van der Waals surface area contributed by atoms with E-state index >= 15 is 0 Å². The molecule has 0 aliphatic heterocycles. The Morgan fingerprint density at radius 3 is 2.24 bits per heavy atom. The van der Waals surface area contributed by atoms with Crippen molar-refractivity contribution in [3.05, 3.63) is 70.4 Å². The van der Waals surface area contributed by atoms with Crippen molar-refractivity contribution in [2.45, 2.75) is 91.8 Å². The van der Waals surface area contributed by atoms with E-state index < -0.39 is 23.4 Å². The summed E-state index contributed by atoms with van der Waals surface area (Å²) in [4.78, 5) is 49.1. The molecule has 0 unspecified atom stereocenters. The number of aromatic nitrogens is 2. The number of nitrogens with one attached hydrogen (secondary N) is 2. The number of carbonyl (C=O) groups excluding carboxylic acids is 3. The summed E-state index contributed by atoms with van der Waals surface area (Å²) in [7, 11) is 0. The van der Waals surface area contributed by atoms with Gasteiger partial charge in [0.1, 0.15) is 17.0 Å². The lowest BCUT2D eigenvalue weighted by atomic mass is 9.86. The third kappa shape index (κ3) is 10.1. The van der Waals surface area contributed by atoms with Crippen molar-refractivity contribution in [2.24, 2.45) is 0 Å². The monoisotopic (exact) mass is 633 g/mol. The van der Waals surface area contributed by atoms with Crippen molar-refractivity contribution in [3.63, 3.8) is 0 Å². The van der Waals surface area contributed by atoms with Gasteiger partial charge in [-0.1, -0.05) is 29.8 Å². The summed E-state index contributed by atoms with van der Waals surface area (Å²) in [6.07, 6.45) is 4.42. The maximum atomic E-state index is 13.4. The van der Waals surface area contributed by atoms with Crippen LogP contribution in [0.2, 0.25) is 0 Å². The lowest BCUT2D eigenvalue weighted by Gasteiger charge is -2.26. The molecule has 2 N–H and O–H groups in total. The van der Waals surface area contributed by atoms with Crippen LogP contribution in [0, 0.1) is 6.92 Å². The molecule has 10 nitrogen and oxygen atoms in total. The van der Waals surface area contributed by atoms with Crippen molar-refractivity contribution in [3.8, 4) is 0 Å². The number of benzene rings is 1. The zero-order valence-electron chi connectivity index (χ0n) is 27.2. The van der Waals surface area contributed by atoms with Crippen LogP contribution in [0.15, 0.2) is 53.5 Å². The minimum absolute atomic E-state index is 0.136. The van der Waals surface area contributed by atoms with Gasteiger partial charge >= 0.3 is 12.2 Å². The highest BCUT2D eigenvalue weighted by Crippen LogP contribution is 2.33. The van der Waals surface area contributed by atoms with Crippen LogP contribution in [-0.2, 0) is 20.7 Å². The van der Waals surface area contributed by atoms with E-state index in [1.54, 1.807) is 59.9 Å². The van der Waals surface area contributed by atoms with Crippen molar-refractivity contribution < 1.29 is 23.9 Å². The molecular formula is C34H43N5O5S. The predicted octanol–water partition coefficient (Wildman–Crippen LogP) is 8.14. The highest BCUT2D eigenvalue weighted by molar-refractivity contribution is 7.13. The largest absolute Gasteiger partial charge is 0.444 e. The quantitative estimate of drug-likeness (QED) is 0.257. The van der Waals surface area contributed by atoms with Crippen molar-refractivity contribution in [2.75, 3.05) is 22.1 Å².